The van der Waals surface area contributed by atoms with E-state index in [-0.39, 0.29) is 17.9 Å². The normalized spacial score (nSPS) is 27.1. The van der Waals surface area contributed by atoms with Crippen LogP contribution in [0.15, 0.2) is 36.4 Å². The van der Waals surface area contributed by atoms with E-state index < -0.39 is 17.3 Å². The van der Waals surface area contributed by atoms with Crippen molar-refractivity contribution in [2.75, 3.05) is 24.3 Å². The second-order valence-corrected chi connectivity index (χ2v) is 8.46. The zero-order chi connectivity index (χ0) is 21.0. The first-order valence-electron chi connectivity index (χ1n) is 9.97. The highest BCUT2D eigenvalue weighted by Gasteiger charge is 2.65. The second-order valence-electron chi connectivity index (χ2n) is 8.02. The fourth-order valence-electron chi connectivity index (χ4n) is 5.39. The monoisotopic (exact) mass is 429 g/mol. The van der Waals surface area contributed by atoms with Crippen LogP contribution >= 0.6 is 11.6 Å². The molecule has 0 aliphatic carbocycles. The van der Waals surface area contributed by atoms with Crippen molar-refractivity contribution in [3.05, 3.63) is 52.8 Å². The van der Waals surface area contributed by atoms with Gasteiger partial charge in [-0.3, -0.25) is 14.5 Å². The van der Waals surface area contributed by atoms with E-state index in [2.05, 4.69) is 15.5 Å². The first kappa shape index (κ1) is 19.3. The van der Waals surface area contributed by atoms with Crippen LogP contribution in [0.5, 0.6) is 5.75 Å². The molecule has 3 aliphatic heterocycles. The number of methoxy groups -OCH3 is 1. The minimum atomic E-state index is -1.21. The van der Waals surface area contributed by atoms with Crippen LogP contribution in [0.25, 0.3) is 0 Å². The summed E-state index contributed by atoms with van der Waals surface area (Å²) in [6.45, 7) is 0.693. The van der Waals surface area contributed by atoms with E-state index in [0.717, 1.165) is 12.8 Å². The van der Waals surface area contributed by atoms with Gasteiger partial charge in [-0.1, -0.05) is 11.6 Å². The van der Waals surface area contributed by atoms with Crippen LogP contribution in [0.1, 0.15) is 24.8 Å². The average molecular weight is 430 g/mol. The van der Waals surface area contributed by atoms with Crippen molar-refractivity contribution < 1.29 is 18.7 Å². The third-order valence-electron chi connectivity index (χ3n) is 6.56. The molecule has 0 radical (unpaired) electrons. The van der Waals surface area contributed by atoms with Crippen LogP contribution < -0.4 is 15.4 Å². The van der Waals surface area contributed by atoms with E-state index >= 15 is 0 Å². The lowest BCUT2D eigenvalue weighted by Crippen LogP contribution is -2.53. The summed E-state index contributed by atoms with van der Waals surface area (Å²) >= 11 is 6.10. The summed E-state index contributed by atoms with van der Waals surface area (Å²) in [4.78, 5) is 29.0. The lowest BCUT2D eigenvalue weighted by atomic mass is 9.78. The molecule has 2 fully saturated rings. The maximum Gasteiger partial charge on any atom is 0.250 e. The molecule has 3 aliphatic rings. The average Bonchev–Trinajstić information content (AvgIpc) is 3.37. The molecule has 2 aromatic rings. The van der Waals surface area contributed by atoms with E-state index in [0.29, 0.717) is 40.7 Å². The summed E-state index contributed by atoms with van der Waals surface area (Å²) in [6.07, 6.45) is 2.38. The van der Waals surface area contributed by atoms with Crippen LogP contribution in [0.3, 0.4) is 0 Å². The van der Waals surface area contributed by atoms with E-state index in [1.54, 1.807) is 24.3 Å². The van der Waals surface area contributed by atoms with E-state index in [4.69, 9.17) is 16.3 Å². The Bertz CT molecular complexity index is 1060. The molecular weight excluding hydrogens is 409 g/mol. The maximum absolute atomic E-state index is 14.2. The van der Waals surface area contributed by atoms with Gasteiger partial charge in [-0.2, -0.15) is 0 Å². The topological polar surface area (TPSA) is 70.7 Å². The van der Waals surface area contributed by atoms with Crippen LogP contribution in [0.4, 0.5) is 15.8 Å². The number of carbonyl (C=O) groups is 2. The summed E-state index contributed by atoms with van der Waals surface area (Å²) in [5.41, 5.74) is 0.325. The molecule has 3 heterocycles. The standard InChI is InChI=1S/C22H21ClFN3O3/c1-30-19-7-4-12(23)9-18(19)25-20(28)16-11-14-3-2-8-27(14)22(16)15-10-13(24)5-6-17(15)26-21(22)29/h4-7,9-10,14,16H,2-3,8,11H2,1H3,(H,25,28)(H,26,29)/t14-,16+,22+/m1/s1. The summed E-state index contributed by atoms with van der Waals surface area (Å²) in [5, 5.41) is 6.24. The van der Waals surface area contributed by atoms with Crippen molar-refractivity contribution in [2.24, 2.45) is 5.92 Å². The largest absolute Gasteiger partial charge is 0.495 e. The summed E-state index contributed by atoms with van der Waals surface area (Å²) in [5.74, 6) is -1.21. The molecule has 5 rings (SSSR count). The molecule has 8 heteroatoms. The number of carbonyl (C=O) groups excluding carboxylic acids is 2. The summed E-state index contributed by atoms with van der Waals surface area (Å²) < 4.78 is 19.5. The van der Waals surface area contributed by atoms with Crippen molar-refractivity contribution >= 4 is 34.8 Å². The molecule has 0 bridgehead atoms. The molecule has 2 amide bonds. The fraction of sp³-hybridized carbons (Fsp3) is 0.364. The SMILES string of the molecule is COc1ccc(Cl)cc1NC(=O)[C@@H]1C[C@H]2CCCN2[C@]12C(=O)Nc1ccc(F)cc12. The highest BCUT2D eigenvalue weighted by molar-refractivity contribution is 6.31. The quantitative estimate of drug-likeness (QED) is 0.779. The maximum atomic E-state index is 14.2. The Balaban J connectivity index is 1.59. The predicted octanol–water partition coefficient (Wildman–Crippen LogP) is 3.76. The van der Waals surface area contributed by atoms with Crippen LogP contribution in [-0.4, -0.2) is 36.4 Å². The Morgan fingerprint density at radius 3 is 2.97 bits per heavy atom. The highest BCUT2D eigenvalue weighted by Crippen LogP contribution is 2.55. The lowest BCUT2D eigenvalue weighted by molar-refractivity contribution is -0.135. The lowest BCUT2D eigenvalue weighted by Gasteiger charge is -2.36. The van der Waals surface area contributed by atoms with Gasteiger partial charge < -0.3 is 15.4 Å². The van der Waals surface area contributed by atoms with Crippen molar-refractivity contribution in [1.29, 1.82) is 0 Å². The summed E-state index contributed by atoms with van der Waals surface area (Å²) in [7, 11) is 1.51. The molecule has 6 nitrogen and oxygen atoms in total. The number of fused-ring (bicyclic) bond motifs is 4. The molecule has 30 heavy (non-hydrogen) atoms. The fourth-order valence-corrected chi connectivity index (χ4v) is 5.57. The number of anilines is 2. The van der Waals surface area contributed by atoms with Crippen LogP contribution in [0, 0.1) is 11.7 Å². The number of nitrogens with one attached hydrogen (secondary N) is 2. The predicted molar refractivity (Wildman–Crippen MR) is 111 cm³/mol. The first-order valence-corrected chi connectivity index (χ1v) is 10.4. The van der Waals surface area contributed by atoms with Crippen molar-refractivity contribution in [3.63, 3.8) is 0 Å². The third kappa shape index (κ3) is 2.65. The Kier molecular flexibility index (Phi) is 4.48. The van der Waals surface area contributed by atoms with Crippen LogP contribution in [0.2, 0.25) is 5.02 Å². The molecule has 2 N–H and O–H groups in total. The van der Waals surface area contributed by atoms with Gasteiger partial charge in [-0.05, 0) is 62.2 Å². The minimum Gasteiger partial charge on any atom is -0.495 e. The van der Waals surface area contributed by atoms with Gasteiger partial charge in [0.05, 0.1) is 18.7 Å². The van der Waals surface area contributed by atoms with Gasteiger partial charge in [-0.25, -0.2) is 4.39 Å². The summed E-state index contributed by atoms with van der Waals surface area (Å²) in [6, 6.07) is 9.33. The molecule has 2 aromatic carbocycles. The smallest absolute Gasteiger partial charge is 0.250 e. The Morgan fingerprint density at radius 2 is 2.17 bits per heavy atom. The minimum absolute atomic E-state index is 0.0991. The van der Waals surface area contributed by atoms with Gasteiger partial charge in [0.15, 0.2) is 0 Å². The van der Waals surface area contributed by atoms with Crippen LogP contribution in [-0.2, 0) is 15.1 Å². The number of ether oxygens (including phenoxy) is 1. The number of hydrogen-bond acceptors (Lipinski definition) is 4. The Hall–Kier alpha value is -2.64. The van der Waals surface area contributed by atoms with Gasteiger partial charge in [-0.15, -0.1) is 0 Å². The van der Waals surface area contributed by atoms with Gasteiger partial charge in [0.2, 0.25) is 11.8 Å². The van der Waals surface area contributed by atoms with Gasteiger partial charge in [0.25, 0.3) is 0 Å². The van der Waals surface area contributed by atoms with Crippen molar-refractivity contribution in [1.82, 2.24) is 4.90 Å². The molecule has 1 spiro atoms. The Labute approximate surface area is 178 Å². The van der Waals surface area contributed by atoms with Crippen molar-refractivity contribution in [3.8, 4) is 5.75 Å². The molecule has 156 valence electrons. The van der Waals surface area contributed by atoms with Gasteiger partial charge in [0, 0.05) is 22.3 Å². The van der Waals surface area contributed by atoms with E-state index in [1.807, 2.05) is 0 Å². The molecule has 2 saturated heterocycles. The number of rotatable bonds is 3. The molecule has 0 unspecified atom stereocenters. The molecular formula is C22H21ClFN3O3. The first-order chi connectivity index (χ1) is 14.4. The molecule has 3 atom stereocenters. The zero-order valence-corrected chi connectivity index (χ0v) is 17.1. The van der Waals surface area contributed by atoms with Crippen molar-refractivity contribution in [2.45, 2.75) is 30.8 Å². The molecule has 0 saturated carbocycles. The van der Waals surface area contributed by atoms with Gasteiger partial charge in [0.1, 0.15) is 17.1 Å². The highest BCUT2D eigenvalue weighted by atomic mass is 35.5. The Morgan fingerprint density at radius 1 is 1.33 bits per heavy atom. The number of halogens is 2. The van der Waals surface area contributed by atoms with E-state index in [1.165, 1.54) is 19.2 Å². The third-order valence-corrected chi connectivity index (χ3v) is 6.80. The van der Waals surface area contributed by atoms with E-state index in [9.17, 15) is 14.0 Å². The molecule has 0 aromatic heterocycles. The van der Waals surface area contributed by atoms with Gasteiger partial charge >= 0.3 is 0 Å². The number of amides is 2. The zero-order valence-electron chi connectivity index (χ0n) is 16.4. The second kappa shape index (κ2) is 6.96. The number of hydrogen-bond donors (Lipinski definition) is 2. The number of nitrogens with zero attached hydrogens (tertiary/aromatic N) is 1. The number of benzene rings is 2.